The summed E-state index contributed by atoms with van der Waals surface area (Å²) in [5.74, 6) is -0.168. The summed E-state index contributed by atoms with van der Waals surface area (Å²) in [5, 5.41) is 21.8. The van der Waals surface area contributed by atoms with Crippen LogP contribution in [0.2, 0.25) is 0 Å². The summed E-state index contributed by atoms with van der Waals surface area (Å²) in [7, 11) is 0. The van der Waals surface area contributed by atoms with E-state index in [0.29, 0.717) is 6.54 Å². The van der Waals surface area contributed by atoms with E-state index in [2.05, 4.69) is 0 Å². The lowest BCUT2D eigenvalue weighted by atomic mass is 9.98. The van der Waals surface area contributed by atoms with Crippen LogP contribution in [0.5, 0.6) is 5.75 Å². The Morgan fingerprint density at radius 1 is 1.48 bits per heavy atom. The van der Waals surface area contributed by atoms with Crippen LogP contribution in [0.3, 0.4) is 0 Å². The number of rotatable bonds is 5. The van der Waals surface area contributed by atoms with Crippen LogP contribution in [0.4, 0.5) is 5.69 Å². The maximum absolute atomic E-state index is 12.0. The van der Waals surface area contributed by atoms with E-state index in [1.165, 1.54) is 18.2 Å². The molecule has 1 aromatic rings. The number of nitrogens with zero attached hydrogens (tertiary/aromatic N) is 3. The van der Waals surface area contributed by atoms with Gasteiger partial charge in [-0.05, 0) is 39.7 Å². The van der Waals surface area contributed by atoms with Gasteiger partial charge in [-0.25, -0.2) is 4.79 Å². The van der Waals surface area contributed by atoms with E-state index in [4.69, 9.17) is 9.57 Å². The predicted octanol–water partition coefficient (Wildman–Crippen LogP) is 2.81. The third-order valence-corrected chi connectivity index (χ3v) is 3.88. The van der Waals surface area contributed by atoms with Crippen LogP contribution in [-0.4, -0.2) is 35.1 Å². The van der Waals surface area contributed by atoms with Crippen molar-refractivity contribution in [2.75, 3.05) is 13.2 Å². The molecule has 134 valence electrons. The zero-order valence-corrected chi connectivity index (χ0v) is 14.5. The third-order valence-electron chi connectivity index (χ3n) is 3.88. The van der Waals surface area contributed by atoms with Gasteiger partial charge in [0.2, 0.25) is 0 Å². The third kappa shape index (κ3) is 4.45. The number of hydrogen-bond acceptors (Lipinski definition) is 7. The summed E-state index contributed by atoms with van der Waals surface area (Å²) < 4.78 is 5.64. The average molecular weight is 347 g/mol. The maximum atomic E-state index is 12.0. The highest BCUT2D eigenvalue weighted by atomic mass is 16.7. The van der Waals surface area contributed by atoms with E-state index in [0.717, 1.165) is 12.8 Å². The summed E-state index contributed by atoms with van der Waals surface area (Å²) in [6, 6.07) is 5.92. The molecule has 0 bridgehead atoms. The topological polar surface area (TPSA) is 106 Å². The predicted molar refractivity (Wildman–Crippen MR) is 88.6 cm³/mol. The molecule has 2 rings (SSSR count). The minimum absolute atomic E-state index is 0.108. The van der Waals surface area contributed by atoms with Crippen molar-refractivity contribution >= 4 is 11.7 Å². The monoisotopic (exact) mass is 347 g/mol. The number of hydrogen-bond donors (Lipinski definition) is 0. The van der Waals surface area contributed by atoms with Crippen LogP contribution >= 0.6 is 0 Å². The van der Waals surface area contributed by atoms with Crippen molar-refractivity contribution in [1.29, 1.82) is 5.26 Å². The van der Waals surface area contributed by atoms with Crippen molar-refractivity contribution < 1.29 is 19.3 Å². The Hall–Kier alpha value is -2.66. The van der Waals surface area contributed by atoms with E-state index in [1.807, 2.05) is 6.07 Å². The molecule has 0 aromatic heterocycles. The fourth-order valence-corrected chi connectivity index (χ4v) is 2.43. The Morgan fingerprint density at radius 3 is 2.80 bits per heavy atom. The van der Waals surface area contributed by atoms with E-state index < -0.39 is 10.3 Å². The highest BCUT2D eigenvalue weighted by Crippen LogP contribution is 2.29. The number of carbonyl (C=O) groups is 1. The second-order valence-electron chi connectivity index (χ2n) is 6.90. The molecule has 1 aliphatic heterocycles. The van der Waals surface area contributed by atoms with Gasteiger partial charge in [0.05, 0.1) is 16.4 Å². The lowest BCUT2D eigenvalue weighted by Crippen LogP contribution is -2.39. The van der Waals surface area contributed by atoms with Crippen molar-refractivity contribution in [3.8, 4) is 11.8 Å². The molecule has 1 fully saturated rings. The van der Waals surface area contributed by atoms with Gasteiger partial charge in [-0.1, -0.05) is 6.07 Å². The Kier molecular flexibility index (Phi) is 5.59. The first kappa shape index (κ1) is 18.7. The minimum Gasteiger partial charge on any atom is -0.490 e. The van der Waals surface area contributed by atoms with Crippen LogP contribution in [-0.2, 0) is 9.63 Å². The second kappa shape index (κ2) is 7.49. The van der Waals surface area contributed by atoms with Crippen LogP contribution in [0, 0.1) is 26.9 Å². The van der Waals surface area contributed by atoms with Crippen LogP contribution in [0.15, 0.2) is 18.2 Å². The summed E-state index contributed by atoms with van der Waals surface area (Å²) >= 11 is 0. The molecule has 8 heteroatoms. The summed E-state index contributed by atoms with van der Waals surface area (Å²) in [4.78, 5) is 27.9. The molecule has 1 aromatic carbocycles. The molecule has 25 heavy (non-hydrogen) atoms. The molecular formula is C17H21N3O5. The molecule has 0 spiro atoms. The summed E-state index contributed by atoms with van der Waals surface area (Å²) in [6.07, 6.45) is 1.62. The molecule has 1 atom stereocenters. The van der Waals surface area contributed by atoms with Crippen molar-refractivity contribution in [2.24, 2.45) is 5.41 Å². The highest BCUT2D eigenvalue weighted by Gasteiger charge is 2.33. The number of carbonyl (C=O) groups excluding carboxylic acids is 1. The zero-order chi connectivity index (χ0) is 18.6. The largest absolute Gasteiger partial charge is 0.490 e. The Morgan fingerprint density at radius 2 is 2.20 bits per heavy atom. The van der Waals surface area contributed by atoms with E-state index in [9.17, 15) is 20.2 Å². The Labute approximate surface area is 146 Å². The quantitative estimate of drug-likeness (QED) is 0.595. The van der Waals surface area contributed by atoms with Gasteiger partial charge < -0.3 is 9.57 Å². The normalized spacial score (nSPS) is 17.8. The van der Waals surface area contributed by atoms with E-state index in [-0.39, 0.29) is 35.6 Å². The second-order valence-corrected chi connectivity index (χ2v) is 6.90. The van der Waals surface area contributed by atoms with Gasteiger partial charge in [0.25, 0.3) is 5.69 Å². The number of hydroxylamine groups is 2. The summed E-state index contributed by atoms with van der Waals surface area (Å²) in [5.41, 5.74) is -1.01. The highest BCUT2D eigenvalue weighted by molar-refractivity contribution is 5.75. The van der Waals surface area contributed by atoms with Crippen LogP contribution in [0.1, 0.15) is 39.2 Å². The maximum Gasteiger partial charge on any atom is 0.330 e. The number of nitro groups is 1. The molecule has 0 amide bonds. The number of benzene rings is 1. The van der Waals surface area contributed by atoms with Gasteiger partial charge in [0, 0.05) is 12.6 Å². The molecular weight excluding hydrogens is 326 g/mol. The van der Waals surface area contributed by atoms with Gasteiger partial charge in [0.1, 0.15) is 18.4 Å². The molecule has 1 saturated heterocycles. The van der Waals surface area contributed by atoms with E-state index >= 15 is 0 Å². The van der Waals surface area contributed by atoms with Crippen LogP contribution in [0.25, 0.3) is 0 Å². The first-order valence-electron chi connectivity index (χ1n) is 8.03. The molecule has 0 unspecified atom stereocenters. The van der Waals surface area contributed by atoms with Crippen LogP contribution < -0.4 is 4.74 Å². The zero-order valence-electron chi connectivity index (χ0n) is 14.5. The SMILES string of the molecule is CC(C)(C)C(=O)ON1CCC[C@@H]1COc1cccc([N+](=O)[O-])c1C#N. The van der Waals surface area contributed by atoms with Crippen molar-refractivity contribution in [3.05, 3.63) is 33.9 Å². The molecule has 0 N–H and O–H groups in total. The van der Waals surface area contributed by atoms with E-state index in [1.54, 1.807) is 25.8 Å². The first-order chi connectivity index (χ1) is 11.7. The Balaban J connectivity index is 2.06. The van der Waals surface area contributed by atoms with Gasteiger partial charge in [-0.2, -0.15) is 5.26 Å². The Bertz CT molecular complexity index is 705. The van der Waals surface area contributed by atoms with Crippen molar-refractivity contribution in [2.45, 2.75) is 39.7 Å². The fraction of sp³-hybridized carbons (Fsp3) is 0.529. The van der Waals surface area contributed by atoms with Gasteiger partial charge in [0.15, 0.2) is 5.56 Å². The molecule has 1 heterocycles. The fourth-order valence-electron chi connectivity index (χ4n) is 2.43. The van der Waals surface area contributed by atoms with Gasteiger partial charge in [-0.15, -0.1) is 5.06 Å². The minimum atomic E-state index is -0.613. The molecule has 0 aliphatic carbocycles. The number of ether oxygens (including phenoxy) is 1. The summed E-state index contributed by atoms with van der Waals surface area (Å²) in [6.45, 7) is 6.11. The van der Waals surface area contributed by atoms with Crippen molar-refractivity contribution in [3.63, 3.8) is 0 Å². The molecule has 0 radical (unpaired) electrons. The smallest absolute Gasteiger partial charge is 0.330 e. The molecule has 1 aliphatic rings. The van der Waals surface area contributed by atoms with Crippen molar-refractivity contribution in [1.82, 2.24) is 5.06 Å². The first-order valence-corrected chi connectivity index (χ1v) is 8.03. The number of nitro benzene ring substituents is 1. The lowest BCUT2D eigenvalue weighted by Gasteiger charge is -2.26. The van der Waals surface area contributed by atoms with Gasteiger partial charge in [-0.3, -0.25) is 10.1 Å². The lowest BCUT2D eigenvalue weighted by molar-refractivity contribution is -0.385. The molecule has 0 saturated carbocycles. The molecule has 8 nitrogen and oxygen atoms in total. The average Bonchev–Trinajstić information content (AvgIpc) is 2.98. The van der Waals surface area contributed by atoms with Gasteiger partial charge >= 0.3 is 5.97 Å². The number of nitriles is 1. The standard InChI is InChI=1S/C17H21N3O5/c1-17(2,3)16(21)25-19-9-5-6-12(19)11-24-15-8-4-7-14(20(22)23)13(15)10-18/h4,7-8,12H,5-6,9,11H2,1-3H3/t12-/m1/s1.